The van der Waals surface area contributed by atoms with Gasteiger partial charge in [0.05, 0.1) is 11.1 Å². The zero-order chi connectivity index (χ0) is 35.2. The van der Waals surface area contributed by atoms with Gasteiger partial charge >= 0.3 is 12.1 Å². The van der Waals surface area contributed by atoms with Crippen LogP contribution in [0.15, 0.2) is 79.1 Å². The lowest BCUT2D eigenvalue weighted by Gasteiger charge is -2.36. The number of halogens is 3. The first-order valence-electron chi connectivity index (χ1n) is 16.3. The number of hydrogen-bond donors (Lipinski definition) is 0. The van der Waals surface area contributed by atoms with Crippen LogP contribution in [0.25, 0.3) is 23.3 Å². The van der Waals surface area contributed by atoms with Crippen molar-refractivity contribution in [2.45, 2.75) is 77.9 Å². The highest BCUT2D eigenvalue weighted by atomic mass is 19.4. The Bertz CT molecular complexity index is 1860. The number of carbonyl (C=O) groups is 1. The second-order valence-corrected chi connectivity index (χ2v) is 13.3. The molecule has 0 spiro atoms. The molecule has 0 aliphatic carbocycles. The van der Waals surface area contributed by atoms with Gasteiger partial charge in [0.15, 0.2) is 0 Å². The number of alkyl halides is 3. The molecule has 0 saturated carbocycles. The molecule has 49 heavy (non-hydrogen) atoms. The van der Waals surface area contributed by atoms with Crippen LogP contribution in [0.4, 0.5) is 13.2 Å². The van der Waals surface area contributed by atoms with Gasteiger partial charge in [-0.05, 0) is 93.1 Å². The van der Waals surface area contributed by atoms with Gasteiger partial charge in [-0.1, -0.05) is 67.1 Å². The summed E-state index contributed by atoms with van der Waals surface area (Å²) in [5, 5.41) is 9.32. The minimum atomic E-state index is -4.66. The molecule has 5 rings (SSSR count). The molecule has 1 fully saturated rings. The van der Waals surface area contributed by atoms with Gasteiger partial charge in [-0.15, -0.1) is 0 Å². The van der Waals surface area contributed by atoms with E-state index in [1.54, 1.807) is 39.1 Å². The summed E-state index contributed by atoms with van der Waals surface area (Å²) in [6, 6.07) is 21.2. The number of ether oxygens (including phenoxy) is 2. The van der Waals surface area contributed by atoms with Crippen LogP contribution in [0.5, 0.6) is 5.75 Å². The molecule has 1 aliphatic heterocycles. The van der Waals surface area contributed by atoms with Gasteiger partial charge in [0.1, 0.15) is 30.1 Å². The fourth-order valence-corrected chi connectivity index (χ4v) is 6.05. The molecule has 6 nitrogen and oxygen atoms in total. The van der Waals surface area contributed by atoms with E-state index in [0.717, 1.165) is 41.2 Å². The predicted octanol–water partition coefficient (Wildman–Crippen LogP) is 9.39. The summed E-state index contributed by atoms with van der Waals surface area (Å²) < 4.78 is 56.2. The van der Waals surface area contributed by atoms with Gasteiger partial charge < -0.3 is 9.47 Å². The van der Waals surface area contributed by atoms with Crippen LogP contribution >= 0.6 is 0 Å². The maximum absolute atomic E-state index is 14.8. The van der Waals surface area contributed by atoms with Crippen LogP contribution in [0.3, 0.4) is 0 Å². The smallest absolute Gasteiger partial charge is 0.417 e. The molecule has 0 unspecified atom stereocenters. The average molecular weight is 668 g/mol. The van der Waals surface area contributed by atoms with E-state index in [1.807, 2.05) is 66.4 Å². The molecule has 0 bridgehead atoms. The van der Waals surface area contributed by atoms with Crippen molar-refractivity contribution in [2.24, 2.45) is 0 Å². The first-order chi connectivity index (χ1) is 23.3. The number of nitriles is 1. The SMILES string of the molecule is Cc1c(/C=C/c2cc(OCc3cncc(C#N)c3)c(CN3CCCC[C@H]3C(=O)OC(C)(C)C)cc2C(F)(F)F)cccc1-c1ccccc1. The summed E-state index contributed by atoms with van der Waals surface area (Å²) in [6.45, 7) is 7.90. The van der Waals surface area contributed by atoms with E-state index in [2.05, 4.69) is 4.98 Å². The van der Waals surface area contributed by atoms with E-state index in [4.69, 9.17) is 9.47 Å². The van der Waals surface area contributed by atoms with Crippen molar-refractivity contribution < 1.29 is 27.4 Å². The molecule has 1 atom stereocenters. The van der Waals surface area contributed by atoms with Crippen molar-refractivity contribution in [3.8, 4) is 22.9 Å². The molecular weight excluding hydrogens is 627 g/mol. The van der Waals surface area contributed by atoms with Crippen molar-refractivity contribution >= 4 is 18.1 Å². The third kappa shape index (κ3) is 9.15. The second-order valence-electron chi connectivity index (χ2n) is 13.3. The van der Waals surface area contributed by atoms with Gasteiger partial charge in [-0.2, -0.15) is 18.4 Å². The second kappa shape index (κ2) is 15.1. The first kappa shape index (κ1) is 35.4. The first-order valence-corrected chi connectivity index (χ1v) is 16.3. The molecule has 2 heterocycles. The van der Waals surface area contributed by atoms with Gasteiger partial charge in [-0.25, -0.2) is 0 Å². The Hall–Kier alpha value is -4.94. The van der Waals surface area contributed by atoms with Crippen LogP contribution in [0.2, 0.25) is 0 Å². The fourth-order valence-electron chi connectivity index (χ4n) is 6.05. The normalized spacial score (nSPS) is 15.6. The van der Waals surface area contributed by atoms with Gasteiger partial charge in [0.2, 0.25) is 0 Å². The number of esters is 1. The van der Waals surface area contributed by atoms with E-state index in [-0.39, 0.29) is 24.5 Å². The average Bonchev–Trinajstić information content (AvgIpc) is 3.07. The largest absolute Gasteiger partial charge is 0.488 e. The molecule has 4 aromatic rings. The Morgan fingerprint density at radius 1 is 1.00 bits per heavy atom. The number of pyridine rings is 1. The highest BCUT2D eigenvalue weighted by Crippen LogP contribution is 2.39. The van der Waals surface area contributed by atoms with Gasteiger partial charge in [0.25, 0.3) is 0 Å². The molecule has 9 heteroatoms. The minimum Gasteiger partial charge on any atom is -0.488 e. The van der Waals surface area contributed by atoms with Crippen LogP contribution in [-0.4, -0.2) is 34.0 Å². The van der Waals surface area contributed by atoms with Crippen molar-refractivity contribution in [3.05, 3.63) is 118 Å². The number of rotatable bonds is 9. The molecule has 0 N–H and O–H groups in total. The highest BCUT2D eigenvalue weighted by molar-refractivity contribution is 5.79. The van der Waals surface area contributed by atoms with Crippen molar-refractivity contribution in [2.75, 3.05) is 6.54 Å². The van der Waals surface area contributed by atoms with Gasteiger partial charge in [-0.3, -0.25) is 14.7 Å². The summed E-state index contributed by atoms with van der Waals surface area (Å²) in [5.74, 6) is -0.143. The minimum absolute atomic E-state index is 0.0161. The molecule has 1 aliphatic rings. The summed E-state index contributed by atoms with van der Waals surface area (Å²) in [4.78, 5) is 19.2. The maximum atomic E-state index is 14.8. The third-order valence-electron chi connectivity index (χ3n) is 8.43. The standard InChI is InChI=1S/C40H40F3N3O3/c1-27-30(13-10-14-34(27)31-11-6-5-7-12-31)16-17-32-21-37(48-26-29-19-28(22-44)23-45-24-29)33(20-35(32)40(41,42)43)25-46-18-9-8-15-36(46)38(47)49-39(2,3)4/h5-7,10-14,16-17,19-21,23-24,36H,8-9,15,18,25-26H2,1-4H3/b17-16+/t36-/m0/s1. The summed E-state index contributed by atoms with van der Waals surface area (Å²) in [5.41, 5.74) is 3.42. The zero-order valence-corrected chi connectivity index (χ0v) is 28.2. The van der Waals surface area contributed by atoms with Crippen molar-refractivity contribution in [1.29, 1.82) is 5.26 Å². The van der Waals surface area contributed by atoms with E-state index in [9.17, 15) is 23.2 Å². The zero-order valence-electron chi connectivity index (χ0n) is 28.2. The Labute approximate surface area is 285 Å². The number of hydrogen-bond acceptors (Lipinski definition) is 6. The lowest BCUT2D eigenvalue weighted by atomic mass is 9.95. The number of aromatic nitrogens is 1. The molecule has 0 radical (unpaired) electrons. The summed E-state index contributed by atoms with van der Waals surface area (Å²) in [7, 11) is 0. The Morgan fingerprint density at radius 2 is 1.76 bits per heavy atom. The number of carbonyl (C=O) groups excluding carboxylic acids is 1. The highest BCUT2D eigenvalue weighted by Gasteiger charge is 2.36. The molecule has 254 valence electrons. The topological polar surface area (TPSA) is 75.5 Å². The van der Waals surface area contributed by atoms with E-state index in [0.29, 0.717) is 29.7 Å². The van der Waals surface area contributed by atoms with Crippen LogP contribution in [-0.2, 0) is 28.9 Å². The fraction of sp³-hybridized carbons (Fsp3) is 0.325. The Morgan fingerprint density at radius 3 is 2.47 bits per heavy atom. The third-order valence-corrected chi connectivity index (χ3v) is 8.43. The number of benzene rings is 3. The molecular formula is C40H40F3N3O3. The van der Waals surface area contributed by atoms with Crippen molar-refractivity contribution in [1.82, 2.24) is 9.88 Å². The van der Waals surface area contributed by atoms with Crippen LogP contribution in [0, 0.1) is 18.3 Å². The monoisotopic (exact) mass is 667 g/mol. The maximum Gasteiger partial charge on any atom is 0.417 e. The van der Waals surface area contributed by atoms with E-state index in [1.165, 1.54) is 18.3 Å². The van der Waals surface area contributed by atoms with E-state index < -0.39 is 29.4 Å². The van der Waals surface area contributed by atoms with Crippen LogP contribution in [0.1, 0.15) is 79.0 Å². The molecule has 1 aromatic heterocycles. The Balaban J connectivity index is 1.55. The number of likely N-dealkylation sites (tertiary alicyclic amines) is 1. The summed E-state index contributed by atoms with van der Waals surface area (Å²) >= 11 is 0. The quantitative estimate of drug-likeness (QED) is 0.131. The predicted molar refractivity (Wildman–Crippen MR) is 184 cm³/mol. The number of nitrogens with zero attached hydrogens (tertiary/aromatic N) is 3. The van der Waals surface area contributed by atoms with Crippen molar-refractivity contribution in [3.63, 3.8) is 0 Å². The lowest BCUT2D eigenvalue weighted by Crippen LogP contribution is -2.46. The molecule has 1 saturated heterocycles. The Kier molecular flexibility index (Phi) is 10.9. The summed E-state index contributed by atoms with van der Waals surface area (Å²) in [6.07, 6.45) is 3.65. The lowest BCUT2D eigenvalue weighted by molar-refractivity contribution is -0.163. The van der Waals surface area contributed by atoms with E-state index >= 15 is 0 Å². The van der Waals surface area contributed by atoms with Crippen LogP contribution < -0.4 is 4.74 Å². The molecule has 3 aromatic carbocycles. The number of piperidine rings is 1. The van der Waals surface area contributed by atoms with Gasteiger partial charge in [0, 0.05) is 30.1 Å². The molecule has 0 amide bonds.